The molecule has 109 heavy (non-hydrogen) atoms. The lowest BCUT2D eigenvalue weighted by Gasteiger charge is -2.41. The van der Waals surface area contributed by atoms with E-state index in [9.17, 15) is 43.5 Å². The van der Waals surface area contributed by atoms with Gasteiger partial charge in [0.2, 0.25) is 35.4 Å². The van der Waals surface area contributed by atoms with Crippen molar-refractivity contribution in [2.24, 2.45) is 29.1 Å². The minimum Gasteiger partial charge on any atom is -0.396 e. The van der Waals surface area contributed by atoms with Crippen LogP contribution in [0.1, 0.15) is 210 Å². The Labute approximate surface area is 665 Å². The number of anilines is 2. The molecule has 2 aliphatic carbocycles. The fourth-order valence-corrected chi connectivity index (χ4v) is 22.8. The number of hydrogen-bond acceptors (Lipinski definition) is 14. The first-order chi connectivity index (χ1) is 52.4. The number of aliphatic hydroxyl groups is 1. The Kier molecular flexibility index (Phi) is 28.2. The van der Waals surface area contributed by atoms with Crippen LogP contribution >= 0.6 is 35.3 Å². The van der Waals surface area contributed by atoms with E-state index < -0.39 is 0 Å². The van der Waals surface area contributed by atoms with E-state index >= 15 is 0 Å². The molecule has 14 rings (SSSR count). The number of imidazole rings is 1. The average Bonchev–Trinajstić information content (AvgIpc) is 1.58. The number of hydrogen-bond donors (Lipinski definition) is 3. The van der Waals surface area contributed by atoms with Crippen LogP contribution in [0.25, 0.3) is 11.3 Å². The van der Waals surface area contributed by atoms with Crippen LogP contribution in [0.5, 0.6) is 0 Å². The number of nitrogens with zero attached hydrogens (tertiary/aromatic N) is 10. The lowest BCUT2D eigenvalue weighted by Crippen LogP contribution is -2.51. The Morgan fingerprint density at radius 3 is 1.78 bits per heavy atom. The van der Waals surface area contributed by atoms with Crippen LogP contribution in [0.4, 0.5) is 16.2 Å². The smallest absolute Gasteiger partial charge is 0.326 e. The molecule has 3 N–H and O–H groups in total. The van der Waals surface area contributed by atoms with Crippen molar-refractivity contribution in [2.75, 3.05) is 109 Å². The Morgan fingerprint density at radius 2 is 1.16 bits per heavy atom. The molecule has 3 aromatic carbocycles. The largest absolute Gasteiger partial charge is 0.396 e. The second kappa shape index (κ2) is 37.4. The summed E-state index contributed by atoms with van der Waals surface area (Å²) in [4.78, 5) is 127. The van der Waals surface area contributed by atoms with Crippen LogP contribution in [-0.4, -0.2) is 226 Å². The number of urea groups is 1. The molecular weight excluding hydrogens is 1430 g/mol. The van der Waals surface area contributed by atoms with Gasteiger partial charge in [0.15, 0.2) is 0 Å². The molecule has 5 atom stereocenters. The van der Waals surface area contributed by atoms with Gasteiger partial charge < -0.3 is 59.5 Å². The molecule has 9 fully saturated rings. The number of carbonyl (C=O) groups is 7. The van der Waals surface area contributed by atoms with E-state index in [1.165, 1.54) is 56.2 Å². The number of nitrogens with one attached hydrogen (secondary N) is 2. The van der Waals surface area contributed by atoms with Gasteiger partial charge in [0.1, 0.15) is 5.37 Å². The molecule has 21 nitrogen and oxygen atoms in total. The zero-order valence-electron chi connectivity index (χ0n) is 66.3. The number of aliphatic hydroxyl groups excluding tert-OH is 1. The summed E-state index contributed by atoms with van der Waals surface area (Å²) in [6.07, 6.45) is 21.0. The molecule has 1 spiro atoms. The summed E-state index contributed by atoms with van der Waals surface area (Å²) in [6.45, 7) is 26.5. The van der Waals surface area contributed by atoms with E-state index in [1.54, 1.807) is 39.9 Å². The van der Waals surface area contributed by atoms with Crippen molar-refractivity contribution in [2.45, 2.75) is 233 Å². The molecule has 0 bridgehead atoms. The molecule has 7 saturated heterocycles. The Hall–Kier alpha value is -6.47. The van der Waals surface area contributed by atoms with Crippen LogP contribution in [0, 0.1) is 29.1 Å². The second-order valence-electron chi connectivity index (χ2n) is 34.5. The SMILES string of the molecule is CC(C)CCN1C(=O)C(CC(=O)N2CCC(N3Cc4ccccc4NC3=O)CC2)SC12CCCCC2.CC(C)CCN1C(=O)C(CC(=O)N2CCC(n3cc(-c4ccccc4)[nH]c3=O)CC2)SC1C1CCCC1.CN1CCN(c2ccccc2C2SC(CC(=O)N3CCC(CO)CC3)C(=O)N2CCC(C)(C)C)CC1.[HH].[HH].[HH]. The van der Waals surface area contributed by atoms with Crippen LogP contribution in [0.2, 0.25) is 0 Å². The minimum atomic E-state index is -0.349. The van der Waals surface area contributed by atoms with Gasteiger partial charge in [-0.05, 0) is 143 Å². The third kappa shape index (κ3) is 20.5. The number of piperazine rings is 1. The lowest BCUT2D eigenvalue weighted by atomic mass is 9.92. The van der Waals surface area contributed by atoms with E-state index in [2.05, 4.69) is 116 Å². The third-order valence-corrected chi connectivity index (χ3v) is 29.4. The highest BCUT2D eigenvalue weighted by atomic mass is 32.2. The first-order valence-corrected chi connectivity index (χ1v) is 44.1. The van der Waals surface area contributed by atoms with Crippen molar-refractivity contribution >= 4 is 88.1 Å². The maximum Gasteiger partial charge on any atom is 0.326 e. The van der Waals surface area contributed by atoms with Gasteiger partial charge in [0.05, 0.1) is 31.7 Å². The number of aromatic amines is 1. The van der Waals surface area contributed by atoms with Gasteiger partial charge in [-0.3, -0.25) is 33.3 Å². The zero-order valence-corrected chi connectivity index (χ0v) is 68.7. The predicted octanol–water partition coefficient (Wildman–Crippen LogP) is 14.1. The van der Waals surface area contributed by atoms with Gasteiger partial charge in [-0.1, -0.05) is 147 Å². The van der Waals surface area contributed by atoms with Crippen molar-refractivity contribution in [3.63, 3.8) is 0 Å². The molecule has 8 aliphatic heterocycles. The van der Waals surface area contributed by atoms with Gasteiger partial charge in [0, 0.05) is 157 Å². The molecule has 1 aromatic heterocycles. The summed E-state index contributed by atoms with van der Waals surface area (Å²) in [5.74, 6) is 2.64. The van der Waals surface area contributed by atoms with Crippen molar-refractivity contribution in [3.8, 4) is 11.3 Å². The number of amides is 8. The number of para-hydroxylation sites is 2. The lowest BCUT2D eigenvalue weighted by molar-refractivity contribution is -0.138. The standard InChI is InChI=1S/C29H40N4O3S.C28H40N4O3S.C28H44N4O3S.3H2/c1-20(2)12-17-32-27(35)25(37-28(32)22-10-6-7-11-22)18-26(34)31-15-13-23(14-16-31)33-19-24(30-29(33)36)21-8-4-3-5-9-21;1-20(2)10-17-32-26(34)24(36-28(32)13-6-3-7-14-28)18-25(33)30-15-11-22(12-16-30)31-19-21-8-4-5-9-23(21)29-27(31)35;1-28(2,3)11-14-32-26(35)24(19-25(34)31-12-9-21(20-33)10-13-31)36-27(32)22-7-5-6-8-23(22)30-17-15-29(4)16-18-30;;;/h3-5,8-9,19-20,22-23,25,28H,6-7,10-18H2,1-2H3,(H,30,36);4-5,8-9,20,22,24H,3,6-7,10-19H2,1-2H3,(H,29,35);5-8,21,24,27,33H,9-20H2,1-4H3;3*1H. The molecule has 602 valence electrons. The third-order valence-electron chi connectivity index (χ3n) is 24.6. The number of fused-ring (bicyclic) bond motifs is 1. The highest BCUT2D eigenvalue weighted by Gasteiger charge is 2.53. The molecular formula is C85H130N12O9S3. The van der Waals surface area contributed by atoms with Crippen molar-refractivity contribution in [1.29, 1.82) is 0 Å². The van der Waals surface area contributed by atoms with E-state index in [4.69, 9.17) is 0 Å². The predicted molar refractivity (Wildman–Crippen MR) is 445 cm³/mol. The number of carbonyl (C=O) groups excluding carboxylic acids is 7. The summed E-state index contributed by atoms with van der Waals surface area (Å²) in [5.41, 5.74) is 6.26. The average molecular weight is 1560 g/mol. The minimum absolute atomic E-state index is 0. The second-order valence-corrected chi connectivity index (χ2v) is 38.7. The highest BCUT2D eigenvalue weighted by molar-refractivity contribution is 8.02. The van der Waals surface area contributed by atoms with Crippen LogP contribution in [0.15, 0.2) is 89.9 Å². The van der Waals surface area contributed by atoms with Gasteiger partial charge in [-0.2, -0.15) is 0 Å². The quantitative estimate of drug-likeness (QED) is 0.0707. The Balaban J connectivity index is 0.000000190. The number of rotatable bonds is 21. The first-order valence-electron chi connectivity index (χ1n) is 41.3. The van der Waals surface area contributed by atoms with Gasteiger partial charge in [0.25, 0.3) is 0 Å². The summed E-state index contributed by atoms with van der Waals surface area (Å²) >= 11 is 5.18. The topological polar surface area (TPSA) is 219 Å². The van der Waals surface area contributed by atoms with Crippen LogP contribution in [-0.2, 0) is 35.3 Å². The number of H-pyrrole nitrogens is 1. The highest BCUT2D eigenvalue weighted by Crippen LogP contribution is 2.52. The van der Waals surface area contributed by atoms with Crippen molar-refractivity contribution < 1.29 is 42.9 Å². The van der Waals surface area contributed by atoms with Gasteiger partial charge in [-0.15, -0.1) is 35.3 Å². The Bertz CT molecular complexity index is 3800. The molecule has 0 radical (unpaired) electrons. The van der Waals surface area contributed by atoms with Crippen molar-refractivity contribution in [1.82, 2.24) is 48.8 Å². The number of likely N-dealkylation sites (tertiary alicyclic amines) is 3. The molecule has 2 saturated carbocycles. The zero-order chi connectivity index (χ0) is 77.1. The maximum atomic E-state index is 13.7. The number of piperidine rings is 3. The number of aromatic nitrogens is 2. The summed E-state index contributed by atoms with van der Waals surface area (Å²) in [7, 11) is 2.16. The van der Waals surface area contributed by atoms with E-state index in [0.717, 1.165) is 132 Å². The normalized spacial score (nSPS) is 24.2. The maximum absolute atomic E-state index is 13.7. The molecule has 4 aromatic rings. The Morgan fingerprint density at radius 1 is 0.596 bits per heavy atom. The fraction of sp³-hybridized carbons (Fsp3) is 0.671. The summed E-state index contributed by atoms with van der Waals surface area (Å²) in [5, 5.41) is 11.7. The molecule has 9 heterocycles. The molecule has 8 amide bonds. The summed E-state index contributed by atoms with van der Waals surface area (Å²) < 4.78 is 1.79. The van der Waals surface area contributed by atoms with E-state index in [0.29, 0.717) is 82.5 Å². The molecule has 10 aliphatic rings. The van der Waals surface area contributed by atoms with E-state index in [-0.39, 0.29) is 120 Å². The van der Waals surface area contributed by atoms with E-state index in [1.807, 2.05) is 79.2 Å². The van der Waals surface area contributed by atoms with Crippen LogP contribution < -0.4 is 15.9 Å². The van der Waals surface area contributed by atoms with Crippen LogP contribution in [0.3, 0.4) is 0 Å². The van der Waals surface area contributed by atoms with Gasteiger partial charge in [-0.25, -0.2) is 9.59 Å². The van der Waals surface area contributed by atoms with Crippen molar-refractivity contribution in [3.05, 3.63) is 107 Å². The number of thioether (sulfide) groups is 3. The number of likely N-dealkylation sites (N-methyl/N-ethyl adjacent to an activating group) is 1. The molecule has 5 unspecified atom stereocenters. The monoisotopic (exact) mass is 1560 g/mol. The summed E-state index contributed by atoms with van der Waals surface area (Å²) in [6, 6.07) is 26.5. The first kappa shape index (κ1) is 82.0. The molecule has 24 heteroatoms. The number of benzene rings is 3. The fourth-order valence-electron chi connectivity index (χ4n) is 17.8. The van der Waals surface area contributed by atoms with Gasteiger partial charge >= 0.3 is 11.7 Å².